The average molecular weight is 532 g/mol. The number of aliphatic hydroxyl groups excluding tert-OH is 3. The maximum Gasteiger partial charge on any atom is 0.333 e. The van der Waals surface area contributed by atoms with E-state index in [9.17, 15) is 24.9 Å². The van der Waals surface area contributed by atoms with E-state index in [1.165, 1.54) is 6.08 Å². The van der Waals surface area contributed by atoms with Crippen LogP contribution in [0.5, 0.6) is 5.75 Å². The van der Waals surface area contributed by atoms with Crippen molar-refractivity contribution in [1.82, 2.24) is 4.90 Å². The molecule has 38 heavy (non-hydrogen) atoms. The molecule has 1 aromatic carbocycles. The monoisotopic (exact) mass is 531 g/mol. The number of aliphatic hydroxyl groups is 3. The van der Waals surface area contributed by atoms with Crippen LogP contribution in [0.25, 0.3) is 6.08 Å². The molecule has 3 N–H and O–H groups in total. The molecule has 1 aromatic rings. The van der Waals surface area contributed by atoms with Gasteiger partial charge in [-0.25, -0.2) is 9.59 Å². The number of carbonyl (C=O) groups excluding carboxylic acids is 2. The summed E-state index contributed by atoms with van der Waals surface area (Å²) in [6.07, 6.45) is 0.626. The maximum atomic E-state index is 12.4. The van der Waals surface area contributed by atoms with E-state index in [2.05, 4.69) is 4.90 Å². The second kappa shape index (κ2) is 12.4. The molecule has 0 aromatic heterocycles. The number of fused-ring (bicyclic) bond motifs is 1. The van der Waals surface area contributed by atoms with Gasteiger partial charge in [0.25, 0.3) is 0 Å². The maximum absolute atomic E-state index is 12.4. The van der Waals surface area contributed by atoms with Crippen LogP contribution in [0, 0.1) is 5.92 Å². The molecule has 4 rings (SSSR count). The van der Waals surface area contributed by atoms with Gasteiger partial charge in [-0.05, 0) is 63.9 Å². The van der Waals surface area contributed by atoms with E-state index >= 15 is 0 Å². The lowest BCUT2D eigenvalue weighted by Gasteiger charge is -2.38. The predicted molar refractivity (Wildman–Crippen MR) is 137 cm³/mol. The lowest BCUT2D eigenvalue weighted by molar-refractivity contribution is -0.268. The number of hydrogen-bond donors (Lipinski definition) is 3. The Bertz CT molecular complexity index is 1040. The molecule has 10 nitrogen and oxygen atoms in total. The van der Waals surface area contributed by atoms with Gasteiger partial charge in [-0.1, -0.05) is 18.2 Å². The molecule has 0 bridgehead atoms. The van der Waals surface area contributed by atoms with E-state index in [1.807, 2.05) is 0 Å². The fourth-order valence-corrected chi connectivity index (χ4v) is 5.16. The van der Waals surface area contributed by atoms with E-state index in [1.54, 1.807) is 57.2 Å². The van der Waals surface area contributed by atoms with Crippen molar-refractivity contribution >= 4 is 18.0 Å². The molecular formula is C28H37NO9. The zero-order chi connectivity index (χ0) is 27.4. The van der Waals surface area contributed by atoms with E-state index < -0.39 is 36.7 Å². The van der Waals surface area contributed by atoms with Gasteiger partial charge in [-0.3, -0.25) is 4.90 Å². The molecule has 3 aliphatic heterocycles. The van der Waals surface area contributed by atoms with Crippen LogP contribution in [0.2, 0.25) is 0 Å². The summed E-state index contributed by atoms with van der Waals surface area (Å²) >= 11 is 0. The van der Waals surface area contributed by atoms with Crippen LogP contribution in [0.4, 0.5) is 0 Å². The molecule has 208 valence electrons. The molecule has 3 saturated heterocycles. The Morgan fingerprint density at radius 3 is 2.58 bits per heavy atom. The minimum Gasteiger partial charge on any atom is -0.462 e. The number of esters is 2. The van der Waals surface area contributed by atoms with E-state index in [0.29, 0.717) is 17.9 Å². The number of rotatable bonds is 8. The normalized spacial score (nSPS) is 33.8. The summed E-state index contributed by atoms with van der Waals surface area (Å²) in [5, 5.41) is 29.8. The minimum absolute atomic E-state index is 0.0698. The van der Waals surface area contributed by atoms with Crippen molar-refractivity contribution in [2.75, 3.05) is 19.7 Å². The predicted octanol–water partition coefficient (Wildman–Crippen LogP) is 1.42. The highest BCUT2D eigenvalue weighted by molar-refractivity contribution is 5.88. The zero-order valence-electron chi connectivity index (χ0n) is 21.9. The molecule has 10 heteroatoms. The highest BCUT2D eigenvalue weighted by Crippen LogP contribution is 2.35. The molecule has 0 aliphatic carbocycles. The number of ether oxygens (including phenoxy) is 4. The fourth-order valence-electron chi connectivity index (χ4n) is 5.16. The second-order valence-electron chi connectivity index (χ2n) is 10.1. The molecule has 0 unspecified atom stereocenters. The first-order valence-corrected chi connectivity index (χ1v) is 13.1. The summed E-state index contributed by atoms with van der Waals surface area (Å²) in [7, 11) is 0. The summed E-state index contributed by atoms with van der Waals surface area (Å²) in [5.74, 6) is -0.507. The molecule has 3 heterocycles. The van der Waals surface area contributed by atoms with E-state index in [0.717, 1.165) is 24.9 Å². The second-order valence-corrected chi connectivity index (χ2v) is 10.1. The molecule has 3 aliphatic rings. The average Bonchev–Trinajstić information content (AvgIpc) is 3.49. The number of allylic oxidation sites excluding steroid dienone is 1. The largest absolute Gasteiger partial charge is 0.462 e. The highest BCUT2D eigenvalue weighted by atomic mass is 16.7. The van der Waals surface area contributed by atoms with Crippen LogP contribution in [-0.2, 0) is 23.8 Å². The third kappa shape index (κ3) is 6.44. The van der Waals surface area contributed by atoms with Crippen LogP contribution < -0.4 is 4.74 Å². The van der Waals surface area contributed by atoms with Gasteiger partial charge in [0.1, 0.15) is 30.2 Å². The molecule has 3 fully saturated rings. The highest BCUT2D eigenvalue weighted by Gasteiger charge is 2.46. The van der Waals surface area contributed by atoms with Crippen molar-refractivity contribution in [3.8, 4) is 5.75 Å². The third-order valence-electron chi connectivity index (χ3n) is 7.58. The van der Waals surface area contributed by atoms with Crippen molar-refractivity contribution in [2.24, 2.45) is 5.92 Å². The van der Waals surface area contributed by atoms with Crippen LogP contribution >= 0.6 is 0 Å². The van der Waals surface area contributed by atoms with Crippen molar-refractivity contribution in [3.05, 3.63) is 47.6 Å². The first-order valence-electron chi connectivity index (χ1n) is 13.1. The Hall–Kier alpha value is -2.76. The number of benzene rings is 1. The van der Waals surface area contributed by atoms with Crippen LogP contribution in [0.1, 0.15) is 39.2 Å². The first kappa shape index (κ1) is 28.3. The zero-order valence-corrected chi connectivity index (χ0v) is 21.9. The Morgan fingerprint density at radius 1 is 1.13 bits per heavy atom. The summed E-state index contributed by atoms with van der Waals surface area (Å²) in [5.41, 5.74) is 1.28. The lowest BCUT2D eigenvalue weighted by Crippen LogP contribution is -2.58. The van der Waals surface area contributed by atoms with E-state index in [-0.39, 0.29) is 30.6 Å². The van der Waals surface area contributed by atoms with Gasteiger partial charge < -0.3 is 34.3 Å². The third-order valence-corrected chi connectivity index (χ3v) is 7.58. The Kier molecular flexibility index (Phi) is 9.22. The van der Waals surface area contributed by atoms with Gasteiger partial charge in [-0.15, -0.1) is 0 Å². The Morgan fingerprint density at radius 2 is 1.87 bits per heavy atom. The molecule has 0 amide bonds. The SMILES string of the molecule is C/C=C(/C)C(=O)O[C@H]1CN2CCC[C@H]2[C@H]1COC(=O)/C=C/c1ccc(O[C@H]2O[C@H](C)[C@@H](O)[C@H](O)[C@@H]2O)cc1. The van der Waals surface area contributed by atoms with Crippen LogP contribution in [0.15, 0.2) is 42.0 Å². The van der Waals surface area contributed by atoms with Crippen molar-refractivity contribution in [2.45, 2.75) is 76.5 Å². The summed E-state index contributed by atoms with van der Waals surface area (Å²) < 4.78 is 22.4. The fraction of sp³-hybridized carbons (Fsp3) is 0.571. The smallest absolute Gasteiger partial charge is 0.333 e. The number of hydrogen-bond acceptors (Lipinski definition) is 10. The van der Waals surface area contributed by atoms with Crippen molar-refractivity contribution < 1.29 is 43.9 Å². The van der Waals surface area contributed by atoms with Gasteiger partial charge in [0.15, 0.2) is 0 Å². The van der Waals surface area contributed by atoms with Gasteiger partial charge in [-0.2, -0.15) is 0 Å². The molecule has 8 atom stereocenters. The van der Waals surface area contributed by atoms with E-state index in [4.69, 9.17) is 18.9 Å². The van der Waals surface area contributed by atoms with Gasteiger partial charge in [0, 0.05) is 30.2 Å². The Balaban J connectivity index is 1.29. The summed E-state index contributed by atoms with van der Waals surface area (Å²) in [6, 6.07) is 6.96. The van der Waals surface area contributed by atoms with Crippen molar-refractivity contribution in [1.29, 1.82) is 0 Å². The van der Waals surface area contributed by atoms with Gasteiger partial charge in [0.2, 0.25) is 6.29 Å². The summed E-state index contributed by atoms with van der Waals surface area (Å²) in [6.45, 7) is 6.88. The number of nitrogens with zero attached hydrogens (tertiary/aromatic N) is 1. The molecule has 0 spiro atoms. The van der Waals surface area contributed by atoms with Gasteiger partial charge in [0.05, 0.1) is 12.7 Å². The quantitative estimate of drug-likeness (QED) is 0.334. The molecule has 0 radical (unpaired) electrons. The molecule has 0 saturated carbocycles. The standard InChI is InChI=1S/C28H37NO9/c1-4-16(2)27(34)38-22-14-29-13-5-6-21(29)20(22)15-35-23(30)12-9-18-7-10-19(11-8-18)37-28-26(33)25(32)24(31)17(3)36-28/h4,7-12,17,20-22,24-26,28,31-33H,5-6,13-15H2,1-3H3/b12-9+,16-4-/t17-,20-,21+,22+,24-,25+,26+,28-/m1/s1. The van der Waals surface area contributed by atoms with Crippen LogP contribution in [-0.4, -0.2) is 94.7 Å². The number of carbonyl (C=O) groups is 2. The Labute approximate surface area is 222 Å². The van der Waals surface area contributed by atoms with Crippen molar-refractivity contribution in [3.63, 3.8) is 0 Å². The molecular weight excluding hydrogens is 494 g/mol. The minimum atomic E-state index is -1.40. The topological polar surface area (TPSA) is 135 Å². The summed E-state index contributed by atoms with van der Waals surface area (Å²) in [4.78, 5) is 27.1. The first-order chi connectivity index (χ1) is 18.2. The lowest BCUT2D eigenvalue weighted by atomic mass is 9.97. The van der Waals surface area contributed by atoms with Crippen LogP contribution in [0.3, 0.4) is 0 Å². The van der Waals surface area contributed by atoms with Gasteiger partial charge >= 0.3 is 11.9 Å².